The van der Waals surface area contributed by atoms with Crippen LogP contribution in [0.4, 0.5) is 5.13 Å². The summed E-state index contributed by atoms with van der Waals surface area (Å²) in [6.07, 6.45) is 0. The average molecular weight is 260 g/mol. The second-order valence-electron chi connectivity index (χ2n) is 3.57. The van der Waals surface area contributed by atoms with Crippen molar-refractivity contribution in [1.29, 1.82) is 5.26 Å². The minimum atomic E-state index is 0.0620. The number of benzene rings is 1. The fourth-order valence-electron chi connectivity index (χ4n) is 1.41. The number of rotatable bonds is 5. The molecule has 2 rings (SSSR count). The Bertz CT molecular complexity index is 561. The Kier molecular flexibility index (Phi) is 4.10. The first-order chi connectivity index (χ1) is 8.78. The molecule has 0 bridgehead atoms. The van der Waals surface area contributed by atoms with E-state index in [1.807, 2.05) is 37.3 Å². The van der Waals surface area contributed by atoms with Gasteiger partial charge in [0.15, 0.2) is 6.61 Å². The molecule has 1 N–H and O–H groups in total. The molecule has 0 amide bonds. The molecule has 92 valence electrons. The van der Waals surface area contributed by atoms with Crippen LogP contribution in [0.1, 0.15) is 10.6 Å². The molecule has 5 nitrogen and oxygen atoms in total. The normalized spacial score (nSPS) is 9.78. The molecule has 2 aromatic rings. The highest BCUT2D eigenvalue weighted by Gasteiger charge is 2.01. The van der Waals surface area contributed by atoms with Gasteiger partial charge in [0, 0.05) is 6.54 Å². The Morgan fingerprint density at radius 1 is 1.44 bits per heavy atom. The van der Waals surface area contributed by atoms with Crippen LogP contribution in [-0.2, 0) is 6.54 Å². The number of nitrogens with zero attached hydrogens (tertiary/aromatic N) is 3. The highest BCUT2D eigenvalue weighted by atomic mass is 32.1. The van der Waals surface area contributed by atoms with Gasteiger partial charge >= 0.3 is 0 Å². The molecule has 0 aliphatic rings. The monoisotopic (exact) mass is 260 g/mol. The van der Waals surface area contributed by atoms with Crippen molar-refractivity contribution in [3.63, 3.8) is 0 Å². The van der Waals surface area contributed by atoms with Crippen molar-refractivity contribution < 1.29 is 4.74 Å². The van der Waals surface area contributed by atoms with Gasteiger partial charge in [0.05, 0.1) is 0 Å². The highest BCUT2D eigenvalue weighted by Crippen LogP contribution is 2.17. The Morgan fingerprint density at radius 3 is 3.06 bits per heavy atom. The summed E-state index contributed by atoms with van der Waals surface area (Å²) in [5.74, 6) is 0.698. The predicted octanol–water partition coefficient (Wildman–Crippen LogP) is 2.36. The molecule has 18 heavy (non-hydrogen) atoms. The van der Waals surface area contributed by atoms with Gasteiger partial charge in [-0.2, -0.15) is 5.26 Å². The standard InChI is InChI=1S/C12H12N4OS/c1-9-15-16-12(18-9)14-8-10-3-2-4-11(7-10)17-6-5-13/h2-4,7H,6,8H2,1H3,(H,14,16). The van der Waals surface area contributed by atoms with E-state index in [2.05, 4.69) is 15.5 Å². The zero-order chi connectivity index (χ0) is 12.8. The van der Waals surface area contributed by atoms with Gasteiger partial charge in [0.25, 0.3) is 0 Å². The van der Waals surface area contributed by atoms with Crippen LogP contribution in [0.15, 0.2) is 24.3 Å². The molecular weight excluding hydrogens is 248 g/mol. The third-order valence-corrected chi connectivity index (χ3v) is 2.97. The zero-order valence-corrected chi connectivity index (χ0v) is 10.7. The van der Waals surface area contributed by atoms with Gasteiger partial charge < -0.3 is 10.1 Å². The Labute approximate surface area is 109 Å². The molecule has 1 aromatic carbocycles. The quantitative estimate of drug-likeness (QED) is 0.893. The molecule has 0 unspecified atom stereocenters. The predicted molar refractivity (Wildman–Crippen MR) is 69.5 cm³/mol. The number of hydrogen-bond donors (Lipinski definition) is 1. The second-order valence-corrected chi connectivity index (χ2v) is 4.76. The van der Waals surface area contributed by atoms with Crippen molar-refractivity contribution in [3.05, 3.63) is 34.8 Å². The summed E-state index contributed by atoms with van der Waals surface area (Å²) in [6, 6.07) is 9.56. The average Bonchev–Trinajstić information content (AvgIpc) is 2.80. The van der Waals surface area contributed by atoms with Crippen molar-refractivity contribution >= 4 is 16.5 Å². The van der Waals surface area contributed by atoms with Gasteiger partial charge in [-0.15, -0.1) is 10.2 Å². The topological polar surface area (TPSA) is 70.8 Å². The van der Waals surface area contributed by atoms with Crippen molar-refractivity contribution in [2.75, 3.05) is 11.9 Å². The number of ether oxygens (including phenoxy) is 1. The number of hydrogen-bond acceptors (Lipinski definition) is 6. The summed E-state index contributed by atoms with van der Waals surface area (Å²) in [4.78, 5) is 0. The first-order valence-electron chi connectivity index (χ1n) is 5.40. The molecule has 0 radical (unpaired) electrons. The lowest BCUT2D eigenvalue weighted by Gasteiger charge is -2.05. The van der Waals surface area contributed by atoms with E-state index in [1.54, 1.807) is 0 Å². The highest BCUT2D eigenvalue weighted by molar-refractivity contribution is 7.15. The lowest BCUT2D eigenvalue weighted by Crippen LogP contribution is -2.00. The van der Waals surface area contributed by atoms with Crippen LogP contribution in [0.3, 0.4) is 0 Å². The van der Waals surface area contributed by atoms with Crippen LogP contribution in [0.2, 0.25) is 0 Å². The van der Waals surface area contributed by atoms with E-state index in [0.29, 0.717) is 12.3 Å². The number of nitriles is 1. The van der Waals surface area contributed by atoms with E-state index in [0.717, 1.165) is 15.7 Å². The number of nitrogens with one attached hydrogen (secondary N) is 1. The van der Waals surface area contributed by atoms with Gasteiger partial charge in [0.1, 0.15) is 16.8 Å². The van der Waals surface area contributed by atoms with E-state index >= 15 is 0 Å². The smallest absolute Gasteiger partial charge is 0.205 e. The van der Waals surface area contributed by atoms with Crippen molar-refractivity contribution in [2.45, 2.75) is 13.5 Å². The Balaban J connectivity index is 1.95. The number of aryl methyl sites for hydroxylation is 1. The van der Waals surface area contributed by atoms with Gasteiger partial charge in [-0.25, -0.2) is 0 Å². The van der Waals surface area contributed by atoms with Crippen LogP contribution in [0, 0.1) is 18.3 Å². The first-order valence-corrected chi connectivity index (χ1v) is 6.22. The number of anilines is 1. The Hall–Kier alpha value is -2.13. The summed E-state index contributed by atoms with van der Waals surface area (Å²) in [5.41, 5.74) is 1.07. The maximum atomic E-state index is 8.45. The molecule has 0 saturated heterocycles. The van der Waals surface area contributed by atoms with Gasteiger partial charge in [-0.05, 0) is 24.6 Å². The summed E-state index contributed by atoms with van der Waals surface area (Å²) < 4.78 is 5.24. The van der Waals surface area contributed by atoms with Crippen molar-refractivity contribution in [1.82, 2.24) is 10.2 Å². The Morgan fingerprint density at radius 2 is 2.33 bits per heavy atom. The van der Waals surface area contributed by atoms with E-state index in [1.165, 1.54) is 11.3 Å². The molecule has 6 heteroatoms. The maximum absolute atomic E-state index is 8.45. The van der Waals surface area contributed by atoms with Gasteiger partial charge in [-0.1, -0.05) is 23.5 Å². The third-order valence-electron chi connectivity index (χ3n) is 2.17. The zero-order valence-electron chi connectivity index (χ0n) is 9.88. The van der Waals surface area contributed by atoms with Crippen LogP contribution < -0.4 is 10.1 Å². The third kappa shape index (κ3) is 3.43. The van der Waals surface area contributed by atoms with Crippen LogP contribution >= 0.6 is 11.3 Å². The van der Waals surface area contributed by atoms with E-state index in [4.69, 9.17) is 10.00 Å². The lowest BCUT2D eigenvalue weighted by atomic mass is 10.2. The van der Waals surface area contributed by atoms with Crippen LogP contribution in [-0.4, -0.2) is 16.8 Å². The van der Waals surface area contributed by atoms with Crippen LogP contribution in [0.5, 0.6) is 5.75 Å². The molecule has 1 heterocycles. The summed E-state index contributed by atoms with van der Waals surface area (Å²) in [6.45, 7) is 2.63. The van der Waals surface area contributed by atoms with Crippen molar-refractivity contribution in [3.8, 4) is 11.8 Å². The SMILES string of the molecule is Cc1nnc(NCc2cccc(OCC#N)c2)s1. The molecule has 0 atom stereocenters. The molecule has 1 aromatic heterocycles. The van der Waals surface area contributed by atoms with E-state index in [-0.39, 0.29) is 6.61 Å². The first kappa shape index (κ1) is 12.3. The fraction of sp³-hybridized carbons (Fsp3) is 0.250. The number of aromatic nitrogens is 2. The lowest BCUT2D eigenvalue weighted by molar-refractivity contribution is 0.368. The van der Waals surface area contributed by atoms with E-state index < -0.39 is 0 Å². The minimum absolute atomic E-state index is 0.0620. The molecule has 0 aliphatic carbocycles. The summed E-state index contributed by atoms with van der Waals surface area (Å²) in [5, 5.41) is 21.3. The second kappa shape index (κ2) is 5.98. The van der Waals surface area contributed by atoms with Gasteiger partial charge in [-0.3, -0.25) is 0 Å². The fourth-order valence-corrected chi connectivity index (χ4v) is 1.99. The van der Waals surface area contributed by atoms with Crippen molar-refractivity contribution in [2.24, 2.45) is 0 Å². The van der Waals surface area contributed by atoms with Crippen LogP contribution in [0.25, 0.3) is 0 Å². The molecular formula is C12H12N4OS. The maximum Gasteiger partial charge on any atom is 0.205 e. The van der Waals surface area contributed by atoms with Gasteiger partial charge in [0.2, 0.25) is 5.13 Å². The summed E-state index contributed by atoms with van der Waals surface area (Å²) >= 11 is 1.52. The van der Waals surface area contributed by atoms with E-state index in [9.17, 15) is 0 Å². The molecule has 0 saturated carbocycles. The summed E-state index contributed by atoms with van der Waals surface area (Å²) in [7, 11) is 0. The minimum Gasteiger partial charge on any atom is -0.479 e. The molecule has 0 fully saturated rings. The largest absolute Gasteiger partial charge is 0.479 e. The molecule has 0 aliphatic heterocycles. The molecule has 0 spiro atoms.